The summed E-state index contributed by atoms with van der Waals surface area (Å²) in [4.78, 5) is 16.4. The third kappa shape index (κ3) is 5.51. The molecule has 0 saturated carbocycles. The standard InChI is InChI=1S/C20H27N3O4/c1-13(2)8-9-21-20(24)14-6-7-18(22-12-14)23-15-10-16(25-3)19(27-5)17(11-15)26-4/h6-7,10-13H,8-9H2,1-5H3,(H,21,24)(H,22,23). The Bertz CT molecular complexity index is 735. The van der Waals surface area contributed by atoms with E-state index in [0.29, 0.717) is 41.1 Å². The van der Waals surface area contributed by atoms with Gasteiger partial charge in [-0.1, -0.05) is 13.8 Å². The molecule has 0 saturated heterocycles. The van der Waals surface area contributed by atoms with Crippen molar-refractivity contribution in [1.29, 1.82) is 0 Å². The van der Waals surface area contributed by atoms with Gasteiger partial charge in [-0.2, -0.15) is 0 Å². The van der Waals surface area contributed by atoms with Crippen LogP contribution >= 0.6 is 0 Å². The maximum absolute atomic E-state index is 12.1. The van der Waals surface area contributed by atoms with Crippen molar-refractivity contribution in [3.05, 3.63) is 36.0 Å². The highest BCUT2D eigenvalue weighted by Crippen LogP contribution is 2.40. The van der Waals surface area contributed by atoms with Crippen molar-refractivity contribution < 1.29 is 19.0 Å². The molecule has 0 unspecified atom stereocenters. The molecule has 1 aromatic carbocycles. The number of nitrogens with one attached hydrogen (secondary N) is 2. The predicted octanol–water partition coefficient (Wildman–Crippen LogP) is 3.63. The first-order valence-electron chi connectivity index (χ1n) is 8.79. The molecule has 0 spiro atoms. The van der Waals surface area contributed by atoms with Gasteiger partial charge in [-0.3, -0.25) is 4.79 Å². The maximum atomic E-state index is 12.1. The molecule has 1 aromatic heterocycles. The Hall–Kier alpha value is -2.96. The fourth-order valence-corrected chi connectivity index (χ4v) is 2.48. The van der Waals surface area contributed by atoms with Gasteiger partial charge in [-0.05, 0) is 24.5 Å². The molecule has 2 rings (SSSR count). The van der Waals surface area contributed by atoms with Crippen LogP contribution in [0.3, 0.4) is 0 Å². The second-order valence-electron chi connectivity index (χ2n) is 6.41. The molecule has 27 heavy (non-hydrogen) atoms. The van der Waals surface area contributed by atoms with Gasteiger partial charge in [0.2, 0.25) is 5.75 Å². The van der Waals surface area contributed by atoms with Gasteiger partial charge in [0.25, 0.3) is 5.91 Å². The second-order valence-corrected chi connectivity index (χ2v) is 6.41. The Labute approximate surface area is 160 Å². The van der Waals surface area contributed by atoms with Gasteiger partial charge in [-0.15, -0.1) is 0 Å². The van der Waals surface area contributed by atoms with Crippen molar-refractivity contribution in [3.63, 3.8) is 0 Å². The minimum atomic E-state index is -0.123. The summed E-state index contributed by atoms with van der Waals surface area (Å²) < 4.78 is 16.0. The minimum Gasteiger partial charge on any atom is -0.493 e. The molecule has 7 heteroatoms. The number of carbonyl (C=O) groups excluding carboxylic acids is 1. The molecule has 1 amide bonds. The Morgan fingerprint density at radius 3 is 2.22 bits per heavy atom. The van der Waals surface area contributed by atoms with Crippen molar-refractivity contribution >= 4 is 17.4 Å². The highest BCUT2D eigenvalue weighted by Gasteiger charge is 2.13. The molecule has 0 aliphatic rings. The second kappa shape index (κ2) is 9.66. The van der Waals surface area contributed by atoms with E-state index in [1.165, 1.54) is 0 Å². The number of pyridine rings is 1. The third-order valence-electron chi connectivity index (χ3n) is 3.97. The van der Waals surface area contributed by atoms with E-state index in [-0.39, 0.29) is 5.91 Å². The van der Waals surface area contributed by atoms with Crippen LogP contribution in [0.25, 0.3) is 0 Å². The molecular weight excluding hydrogens is 346 g/mol. The lowest BCUT2D eigenvalue weighted by molar-refractivity contribution is 0.0951. The fraction of sp³-hybridized carbons (Fsp3) is 0.400. The molecule has 0 atom stereocenters. The van der Waals surface area contributed by atoms with Crippen molar-refractivity contribution in [3.8, 4) is 17.2 Å². The van der Waals surface area contributed by atoms with Gasteiger partial charge in [-0.25, -0.2) is 4.98 Å². The van der Waals surface area contributed by atoms with Crippen LogP contribution in [0.15, 0.2) is 30.5 Å². The van der Waals surface area contributed by atoms with Gasteiger partial charge >= 0.3 is 0 Å². The number of aromatic nitrogens is 1. The minimum absolute atomic E-state index is 0.123. The summed E-state index contributed by atoms with van der Waals surface area (Å²) in [7, 11) is 4.68. The van der Waals surface area contributed by atoms with E-state index in [0.717, 1.165) is 12.1 Å². The number of amides is 1. The predicted molar refractivity (Wildman–Crippen MR) is 105 cm³/mol. The van der Waals surface area contributed by atoms with Gasteiger partial charge in [0.1, 0.15) is 5.82 Å². The fourth-order valence-electron chi connectivity index (χ4n) is 2.48. The van der Waals surface area contributed by atoms with Crippen LogP contribution in [0, 0.1) is 5.92 Å². The normalized spacial score (nSPS) is 10.4. The topological polar surface area (TPSA) is 81.7 Å². The third-order valence-corrected chi connectivity index (χ3v) is 3.97. The number of nitrogens with zero attached hydrogens (tertiary/aromatic N) is 1. The average molecular weight is 373 g/mol. The Balaban J connectivity index is 2.09. The Morgan fingerprint density at radius 2 is 1.74 bits per heavy atom. The Kier molecular flexibility index (Phi) is 7.28. The first-order valence-corrected chi connectivity index (χ1v) is 8.79. The number of anilines is 2. The monoisotopic (exact) mass is 373 g/mol. The summed E-state index contributed by atoms with van der Waals surface area (Å²) in [5.41, 5.74) is 1.25. The molecule has 7 nitrogen and oxygen atoms in total. The SMILES string of the molecule is COc1cc(Nc2ccc(C(=O)NCCC(C)C)cn2)cc(OC)c1OC. The van der Waals surface area contributed by atoms with E-state index in [1.54, 1.807) is 51.8 Å². The van der Waals surface area contributed by atoms with Crippen LogP contribution in [0.5, 0.6) is 17.2 Å². The lowest BCUT2D eigenvalue weighted by Crippen LogP contribution is -2.25. The molecule has 0 aliphatic heterocycles. The number of hydrogen-bond donors (Lipinski definition) is 2. The molecule has 146 valence electrons. The lowest BCUT2D eigenvalue weighted by atomic mass is 10.1. The van der Waals surface area contributed by atoms with Crippen LogP contribution in [0.2, 0.25) is 0 Å². The van der Waals surface area contributed by atoms with E-state index in [2.05, 4.69) is 29.5 Å². The van der Waals surface area contributed by atoms with Gasteiger partial charge in [0.15, 0.2) is 11.5 Å². The van der Waals surface area contributed by atoms with Gasteiger partial charge in [0.05, 0.1) is 26.9 Å². The van der Waals surface area contributed by atoms with E-state index in [4.69, 9.17) is 14.2 Å². The number of carbonyl (C=O) groups is 1. The van der Waals surface area contributed by atoms with Crippen LogP contribution in [-0.2, 0) is 0 Å². The molecule has 2 N–H and O–H groups in total. The number of ether oxygens (including phenoxy) is 3. The van der Waals surface area contributed by atoms with Crippen LogP contribution < -0.4 is 24.8 Å². The zero-order chi connectivity index (χ0) is 19.8. The highest BCUT2D eigenvalue weighted by molar-refractivity contribution is 5.94. The summed E-state index contributed by atoms with van der Waals surface area (Å²) >= 11 is 0. The number of methoxy groups -OCH3 is 3. The summed E-state index contributed by atoms with van der Waals surface area (Å²) in [5, 5.41) is 6.07. The maximum Gasteiger partial charge on any atom is 0.252 e. The highest BCUT2D eigenvalue weighted by atomic mass is 16.5. The van der Waals surface area contributed by atoms with E-state index in [1.807, 2.05) is 0 Å². The van der Waals surface area contributed by atoms with Crippen LogP contribution in [0.1, 0.15) is 30.6 Å². The first kappa shape index (κ1) is 20.4. The smallest absolute Gasteiger partial charge is 0.252 e. The lowest BCUT2D eigenvalue weighted by Gasteiger charge is -2.15. The van der Waals surface area contributed by atoms with Crippen LogP contribution in [-0.4, -0.2) is 38.8 Å². The first-order chi connectivity index (χ1) is 13.0. The molecule has 1 heterocycles. The van der Waals surface area contributed by atoms with E-state index < -0.39 is 0 Å². The molecule has 2 aromatic rings. The number of hydrogen-bond acceptors (Lipinski definition) is 6. The summed E-state index contributed by atoms with van der Waals surface area (Å²) in [6.45, 7) is 4.90. The molecule has 0 fully saturated rings. The zero-order valence-corrected chi connectivity index (χ0v) is 16.5. The van der Waals surface area contributed by atoms with Gasteiger partial charge in [0, 0.05) is 30.6 Å². The van der Waals surface area contributed by atoms with E-state index in [9.17, 15) is 4.79 Å². The zero-order valence-electron chi connectivity index (χ0n) is 16.5. The Morgan fingerprint density at radius 1 is 1.07 bits per heavy atom. The summed E-state index contributed by atoms with van der Waals surface area (Å²) in [5.74, 6) is 2.63. The molecule has 0 bridgehead atoms. The van der Waals surface area contributed by atoms with Crippen LogP contribution in [0.4, 0.5) is 11.5 Å². The van der Waals surface area contributed by atoms with Crippen molar-refractivity contribution in [2.45, 2.75) is 20.3 Å². The average Bonchev–Trinajstić information content (AvgIpc) is 2.67. The molecule has 0 radical (unpaired) electrons. The summed E-state index contributed by atoms with van der Waals surface area (Å²) in [6, 6.07) is 7.06. The summed E-state index contributed by atoms with van der Waals surface area (Å²) in [6.07, 6.45) is 2.49. The van der Waals surface area contributed by atoms with Crippen molar-refractivity contribution in [2.75, 3.05) is 33.2 Å². The van der Waals surface area contributed by atoms with Crippen molar-refractivity contribution in [1.82, 2.24) is 10.3 Å². The quantitative estimate of drug-likeness (QED) is 0.699. The van der Waals surface area contributed by atoms with E-state index >= 15 is 0 Å². The molecule has 0 aliphatic carbocycles. The largest absolute Gasteiger partial charge is 0.493 e. The van der Waals surface area contributed by atoms with Crippen molar-refractivity contribution in [2.24, 2.45) is 5.92 Å². The van der Waals surface area contributed by atoms with Gasteiger partial charge < -0.3 is 24.8 Å². The number of rotatable bonds is 9. The molecular formula is C20H27N3O4. The number of benzene rings is 1.